The minimum Gasteiger partial charge on any atom is -0.399 e. The van der Waals surface area contributed by atoms with Crippen LogP contribution in [0.2, 0.25) is 5.02 Å². The lowest BCUT2D eigenvalue weighted by molar-refractivity contribution is 1.43. The summed E-state index contributed by atoms with van der Waals surface area (Å²) in [7, 11) is 0. The minimum atomic E-state index is 0.652. The largest absolute Gasteiger partial charge is 0.399 e. The van der Waals surface area contributed by atoms with E-state index in [2.05, 4.69) is 12.6 Å². The van der Waals surface area contributed by atoms with Crippen LogP contribution in [-0.4, -0.2) is 0 Å². The van der Waals surface area contributed by atoms with Crippen molar-refractivity contribution in [1.82, 2.24) is 0 Å². The molecule has 10 heavy (non-hydrogen) atoms. The van der Waals surface area contributed by atoms with Gasteiger partial charge in [0.15, 0.2) is 0 Å². The SMILES string of the molecule is Nc1ccc(CS)c(Cl)c1. The molecule has 0 aromatic heterocycles. The van der Waals surface area contributed by atoms with E-state index >= 15 is 0 Å². The van der Waals surface area contributed by atoms with E-state index < -0.39 is 0 Å². The van der Waals surface area contributed by atoms with Crippen LogP contribution in [0.1, 0.15) is 5.56 Å². The molecule has 0 unspecified atom stereocenters. The summed E-state index contributed by atoms with van der Waals surface area (Å²) in [5.74, 6) is 0.652. The fourth-order valence-corrected chi connectivity index (χ4v) is 1.32. The van der Waals surface area contributed by atoms with E-state index in [9.17, 15) is 0 Å². The Balaban J connectivity index is 3.07. The number of nitrogens with two attached hydrogens (primary N) is 1. The molecule has 0 aliphatic rings. The van der Waals surface area contributed by atoms with Crippen LogP contribution in [-0.2, 0) is 5.75 Å². The predicted octanol–water partition coefficient (Wildman–Crippen LogP) is 2.35. The molecule has 0 radical (unpaired) electrons. The molecule has 0 saturated carbocycles. The van der Waals surface area contributed by atoms with Crippen molar-refractivity contribution in [1.29, 1.82) is 0 Å². The number of rotatable bonds is 1. The van der Waals surface area contributed by atoms with Crippen molar-refractivity contribution in [2.45, 2.75) is 5.75 Å². The third-order valence-electron chi connectivity index (χ3n) is 1.25. The smallest absolute Gasteiger partial charge is 0.0466 e. The zero-order valence-electron chi connectivity index (χ0n) is 5.34. The molecule has 54 valence electrons. The molecular weight excluding hydrogens is 166 g/mol. The molecule has 0 fully saturated rings. The summed E-state index contributed by atoms with van der Waals surface area (Å²) in [5.41, 5.74) is 7.18. The van der Waals surface area contributed by atoms with Gasteiger partial charge in [-0.2, -0.15) is 12.6 Å². The van der Waals surface area contributed by atoms with Crippen molar-refractivity contribution in [2.75, 3.05) is 5.73 Å². The predicted molar refractivity (Wildman–Crippen MR) is 48.6 cm³/mol. The van der Waals surface area contributed by atoms with E-state index in [1.807, 2.05) is 12.1 Å². The summed E-state index contributed by atoms with van der Waals surface area (Å²) in [4.78, 5) is 0. The molecule has 0 atom stereocenters. The van der Waals surface area contributed by atoms with Crippen LogP contribution in [0.25, 0.3) is 0 Å². The third kappa shape index (κ3) is 1.58. The Hall–Kier alpha value is -0.340. The molecule has 2 N–H and O–H groups in total. The van der Waals surface area contributed by atoms with Crippen molar-refractivity contribution >= 4 is 29.9 Å². The van der Waals surface area contributed by atoms with Gasteiger partial charge in [-0.1, -0.05) is 17.7 Å². The first-order valence-corrected chi connectivity index (χ1v) is 3.90. The highest BCUT2D eigenvalue weighted by atomic mass is 35.5. The molecule has 3 heteroatoms. The molecule has 0 aliphatic carbocycles. The molecular formula is C7H8ClNS. The lowest BCUT2D eigenvalue weighted by Crippen LogP contribution is -1.86. The Bertz CT molecular complexity index is 237. The maximum absolute atomic E-state index is 5.80. The fourth-order valence-electron chi connectivity index (χ4n) is 0.692. The number of thiol groups is 1. The van der Waals surface area contributed by atoms with Gasteiger partial charge < -0.3 is 5.73 Å². The van der Waals surface area contributed by atoms with Gasteiger partial charge in [-0.3, -0.25) is 0 Å². The lowest BCUT2D eigenvalue weighted by atomic mass is 10.2. The van der Waals surface area contributed by atoms with E-state index in [0.29, 0.717) is 16.5 Å². The molecule has 0 aliphatic heterocycles. The van der Waals surface area contributed by atoms with Gasteiger partial charge in [0.05, 0.1) is 0 Å². The first-order valence-electron chi connectivity index (χ1n) is 2.89. The van der Waals surface area contributed by atoms with Crippen LogP contribution < -0.4 is 5.73 Å². The second-order valence-electron chi connectivity index (χ2n) is 2.01. The van der Waals surface area contributed by atoms with Crippen molar-refractivity contribution in [3.63, 3.8) is 0 Å². The van der Waals surface area contributed by atoms with E-state index in [-0.39, 0.29) is 0 Å². The molecule has 1 aromatic rings. The first-order chi connectivity index (χ1) is 4.74. The van der Waals surface area contributed by atoms with Gasteiger partial charge in [-0.25, -0.2) is 0 Å². The standard InChI is InChI=1S/C7H8ClNS/c8-7-3-6(9)2-1-5(7)4-10/h1-3,10H,4,9H2. The number of benzene rings is 1. The highest BCUT2D eigenvalue weighted by Crippen LogP contribution is 2.19. The topological polar surface area (TPSA) is 26.0 Å². The van der Waals surface area contributed by atoms with Gasteiger partial charge >= 0.3 is 0 Å². The van der Waals surface area contributed by atoms with Gasteiger partial charge in [-0.15, -0.1) is 0 Å². The van der Waals surface area contributed by atoms with Gasteiger partial charge in [0.1, 0.15) is 0 Å². The summed E-state index contributed by atoms with van der Waals surface area (Å²) in [6, 6.07) is 5.43. The maximum atomic E-state index is 5.80. The summed E-state index contributed by atoms with van der Waals surface area (Å²) in [6.45, 7) is 0. The van der Waals surface area contributed by atoms with Crippen molar-refractivity contribution in [3.8, 4) is 0 Å². The lowest BCUT2D eigenvalue weighted by Gasteiger charge is -1.99. The van der Waals surface area contributed by atoms with Crippen LogP contribution in [0.5, 0.6) is 0 Å². The molecule has 1 aromatic carbocycles. The Morgan fingerprint density at radius 3 is 2.70 bits per heavy atom. The van der Waals surface area contributed by atoms with Crippen LogP contribution in [0, 0.1) is 0 Å². The molecule has 0 heterocycles. The summed E-state index contributed by atoms with van der Waals surface area (Å²) in [5, 5.41) is 0.690. The average molecular weight is 174 g/mol. The second-order valence-corrected chi connectivity index (χ2v) is 2.73. The fraction of sp³-hybridized carbons (Fsp3) is 0.143. The van der Waals surface area contributed by atoms with Crippen LogP contribution >= 0.6 is 24.2 Å². The van der Waals surface area contributed by atoms with Gasteiger partial charge in [0, 0.05) is 16.5 Å². The van der Waals surface area contributed by atoms with Gasteiger partial charge in [0.2, 0.25) is 0 Å². The quantitative estimate of drug-likeness (QED) is 0.495. The number of hydrogen-bond donors (Lipinski definition) is 2. The van der Waals surface area contributed by atoms with Gasteiger partial charge in [0.25, 0.3) is 0 Å². The highest BCUT2D eigenvalue weighted by Gasteiger charge is 1.96. The third-order valence-corrected chi connectivity index (χ3v) is 1.94. The van der Waals surface area contributed by atoms with Crippen LogP contribution in [0.4, 0.5) is 5.69 Å². The summed E-state index contributed by atoms with van der Waals surface area (Å²) < 4.78 is 0. The van der Waals surface area contributed by atoms with Crippen LogP contribution in [0.3, 0.4) is 0 Å². The molecule has 1 nitrogen and oxygen atoms in total. The Labute approximate surface area is 70.6 Å². The summed E-state index contributed by atoms with van der Waals surface area (Å²) >= 11 is 9.89. The first kappa shape index (κ1) is 7.76. The van der Waals surface area contributed by atoms with Crippen molar-refractivity contribution < 1.29 is 0 Å². The highest BCUT2D eigenvalue weighted by molar-refractivity contribution is 7.79. The molecule has 0 saturated heterocycles. The summed E-state index contributed by atoms with van der Waals surface area (Å²) in [6.07, 6.45) is 0. The van der Waals surface area contributed by atoms with E-state index in [4.69, 9.17) is 17.3 Å². The molecule has 0 spiro atoms. The van der Waals surface area contributed by atoms with Gasteiger partial charge in [-0.05, 0) is 17.7 Å². The number of hydrogen-bond acceptors (Lipinski definition) is 2. The van der Waals surface area contributed by atoms with Crippen molar-refractivity contribution in [3.05, 3.63) is 28.8 Å². The number of nitrogen functional groups attached to an aromatic ring is 1. The minimum absolute atomic E-state index is 0.652. The Morgan fingerprint density at radius 1 is 1.50 bits per heavy atom. The van der Waals surface area contributed by atoms with Crippen LogP contribution in [0.15, 0.2) is 18.2 Å². The Kier molecular flexibility index (Phi) is 2.46. The van der Waals surface area contributed by atoms with Crippen molar-refractivity contribution in [2.24, 2.45) is 0 Å². The number of halogens is 1. The second kappa shape index (κ2) is 3.17. The normalized spacial score (nSPS) is 9.80. The van der Waals surface area contributed by atoms with E-state index in [0.717, 1.165) is 5.56 Å². The molecule has 0 amide bonds. The number of anilines is 1. The maximum Gasteiger partial charge on any atom is 0.0466 e. The van der Waals surface area contributed by atoms with E-state index in [1.54, 1.807) is 6.07 Å². The monoisotopic (exact) mass is 173 g/mol. The average Bonchev–Trinajstić information content (AvgIpc) is 1.88. The van der Waals surface area contributed by atoms with E-state index in [1.165, 1.54) is 0 Å². The zero-order valence-corrected chi connectivity index (χ0v) is 6.99. The molecule has 1 rings (SSSR count). The molecule has 0 bridgehead atoms. The Morgan fingerprint density at radius 2 is 2.20 bits per heavy atom. The zero-order chi connectivity index (χ0) is 7.56.